The summed E-state index contributed by atoms with van der Waals surface area (Å²) in [7, 11) is 0. The normalized spacial score (nSPS) is 12.9. The van der Waals surface area contributed by atoms with E-state index in [1.54, 1.807) is 0 Å². The molecule has 0 radical (unpaired) electrons. The summed E-state index contributed by atoms with van der Waals surface area (Å²) in [6.45, 7) is 9.72. The van der Waals surface area contributed by atoms with E-state index in [1.165, 1.54) is 19.3 Å². The van der Waals surface area contributed by atoms with Crippen molar-refractivity contribution in [2.75, 3.05) is 6.54 Å². The van der Waals surface area contributed by atoms with Crippen LogP contribution >= 0.6 is 0 Å². The number of nitrogens with zero attached hydrogens (tertiary/aromatic N) is 1. The molecular weight excluding hydrogens is 246 g/mol. The van der Waals surface area contributed by atoms with Crippen molar-refractivity contribution >= 4 is 5.78 Å². The van der Waals surface area contributed by atoms with Crippen LogP contribution in [0, 0.1) is 0 Å². The average molecular weight is 275 g/mol. The summed E-state index contributed by atoms with van der Waals surface area (Å²) in [5, 5.41) is 0. The van der Waals surface area contributed by atoms with Gasteiger partial charge in [-0.2, -0.15) is 0 Å². The van der Waals surface area contributed by atoms with Crippen LogP contribution in [0.2, 0.25) is 0 Å². The number of ketones is 1. The third-order valence-electron chi connectivity index (χ3n) is 3.83. The standard InChI is InChI=1S/C18H29NO/c1-5-7-11-14-19(15(3)4)17(6-2)18(20)16-12-9-8-10-13-16/h8-10,12-13,15,17H,5-7,11,14H2,1-4H3. The van der Waals surface area contributed by atoms with Crippen LogP contribution in [0.3, 0.4) is 0 Å². The van der Waals surface area contributed by atoms with E-state index in [1.807, 2.05) is 30.3 Å². The number of carbonyl (C=O) groups excluding carboxylic acids is 1. The predicted molar refractivity (Wildman–Crippen MR) is 86.2 cm³/mol. The topological polar surface area (TPSA) is 20.3 Å². The van der Waals surface area contributed by atoms with E-state index in [9.17, 15) is 4.79 Å². The molecule has 1 rings (SSSR count). The van der Waals surface area contributed by atoms with Crippen molar-refractivity contribution < 1.29 is 4.79 Å². The van der Waals surface area contributed by atoms with E-state index in [4.69, 9.17) is 0 Å². The van der Waals surface area contributed by atoms with Gasteiger partial charge in [0, 0.05) is 11.6 Å². The van der Waals surface area contributed by atoms with Gasteiger partial charge in [0.15, 0.2) is 5.78 Å². The molecule has 2 nitrogen and oxygen atoms in total. The molecule has 2 heteroatoms. The Hall–Kier alpha value is -1.15. The second-order valence-corrected chi connectivity index (χ2v) is 5.69. The Morgan fingerprint density at radius 2 is 1.75 bits per heavy atom. The van der Waals surface area contributed by atoms with Crippen LogP contribution in [0.15, 0.2) is 30.3 Å². The van der Waals surface area contributed by atoms with Gasteiger partial charge in [-0.05, 0) is 33.2 Å². The van der Waals surface area contributed by atoms with Crippen LogP contribution in [0.25, 0.3) is 0 Å². The molecule has 0 heterocycles. The second-order valence-electron chi connectivity index (χ2n) is 5.69. The molecule has 112 valence electrons. The highest BCUT2D eigenvalue weighted by atomic mass is 16.1. The number of Topliss-reactive ketones (excluding diaryl/α,β-unsaturated/α-hetero) is 1. The molecule has 0 bridgehead atoms. The van der Waals surface area contributed by atoms with Crippen LogP contribution in [0.5, 0.6) is 0 Å². The van der Waals surface area contributed by atoms with E-state index >= 15 is 0 Å². The van der Waals surface area contributed by atoms with Gasteiger partial charge in [0.25, 0.3) is 0 Å². The highest BCUT2D eigenvalue weighted by Crippen LogP contribution is 2.16. The molecule has 1 aromatic rings. The van der Waals surface area contributed by atoms with Crippen LogP contribution in [-0.2, 0) is 0 Å². The highest BCUT2D eigenvalue weighted by molar-refractivity contribution is 6.00. The molecule has 1 atom stereocenters. The number of carbonyl (C=O) groups is 1. The number of hydrogen-bond donors (Lipinski definition) is 0. The Kier molecular flexibility index (Phi) is 7.53. The van der Waals surface area contributed by atoms with Gasteiger partial charge in [-0.25, -0.2) is 0 Å². The average Bonchev–Trinajstić information content (AvgIpc) is 2.47. The quantitative estimate of drug-likeness (QED) is 0.487. The predicted octanol–water partition coefficient (Wildman–Crippen LogP) is 4.55. The van der Waals surface area contributed by atoms with Crippen LogP contribution in [0.4, 0.5) is 0 Å². The Balaban J connectivity index is 2.81. The first-order valence-electron chi connectivity index (χ1n) is 7.96. The van der Waals surface area contributed by atoms with E-state index in [2.05, 4.69) is 32.6 Å². The number of hydrogen-bond acceptors (Lipinski definition) is 2. The summed E-state index contributed by atoms with van der Waals surface area (Å²) in [6, 6.07) is 10.1. The maximum absolute atomic E-state index is 12.7. The molecule has 0 saturated carbocycles. The van der Waals surface area contributed by atoms with Crippen molar-refractivity contribution in [1.82, 2.24) is 4.90 Å². The summed E-state index contributed by atoms with van der Waals surface area (Å²) < 4.78 is 0. The Morgan fingerprint density at radius 3 is 2.25 bits per heavy atom. The minimum Gasteiger partial charge on any atom is -0.292 e. The molecule has 0 aliphatic heterocycles. The molecular formula is C18H29NO. The van der Waals surface area contributed by atoms with Gasteiger partial charge in [0.05, 0.1) is 6.04 Å². The van der Waals surface area contributed by atoms with E-state index < -0.39 is 0 Å². The third kappa shape index (κ3) is 4.75. The smallest absolute Gasteiger partial charge is 0.179 e. The molecule has 0 aliphatic carbocycles. The maximum atomic E-state index is 12.7. The van der Waals surface area contributed by atoms with Gasteiger partial charge in [-0.1, -0.05) is 57.0 Å². The summed E-state index contributed by atoms with van der Waals surface area (Å²) in [5.41, 5.74) is 0.834. The molecule has 0 aromatic heterocycles. The Labute approximate surface area is 124 Å². The van der Waals surface area contributed by atoms with Crippen molar-refractivity contribution in [1.29, 1.82) is 0 Å². The molecule has 0 amide bonds. The van der Waals surface area contributed by atoms with Gasteiger partial charge in [0.2, 0.25) is 0 Å². The highest BCUT2D eigenvalue weighted by Gasteiger charge is 2.26. The molecule has 0 spiro atoms. The van der Waals surface area contributed by atoms with Crippen molar-refractivity contribution in [3.8, 4) is 0 Å². The molecule has 0 saturated heterocycles. The largest absolute Gasteiger partial charge is 0.292 e. The minimum atomic E-state index is 0.00857. The van der Waals surface area contributed by atoms with E-state index in [0.29, 0.717) is 6.04 Å². The lowest BCUT2D eigenvalue weighted by atomic mass is 9.99. The first-order chi connectivity index (χ1) is 9.61. The van der Waals surface area contributed by atoms with Gasteiger partial charge in [-0.3, -0.25) is 9.69 Å². The zero-order valence-corrected chi connectivity index (χ0v) is 13.4. The summed E-state index contributed by atoms with van der Waals surface area (Å²) >= 11 is 0. The molecule has 1 unspecified atom stereocenters. The summed E-state index contributed by atoms with van der Waals surface area (Å²) in [5.74, 6) is 0.262. The zero-order chi connectivity index (χ0) is 15.0. The zero-order valence-electron chi connectivity index (χ0n) is 13.4. The van der Waals surface area contributed by atoms with Crippen molar-refractivity contribution in [3.63, 3.8) is 0 Å². The molecule has 0 N–H and O–H groups in total. The first kappa shape index (κ1) is 16.9. The van der Waals surface area contributed by atoms with Gasteiger partial charge >= 0.3 is 0 Å². The fraction of sp³-hybridized carbons (Fsp3) is 0.611. The third-order valence-corrected chi connectivity index (χ3v) is 3.83. The minimum absolute atomic E-state index is 0.00857. The second kappa shape index (κ2) is 8.91. The van der Waals surface area contributed by atoms with Crippen LogP contribution < -0.4 is 0 Å². The van der Waals surface area contributed by atoms with Gasteiger partial charge in [0.1, 0.15) is 0 Å². The number of benzene rings is 1. The maximum Gasteiger partial charge on any atom is 0.179 e. The number of unbranched alkanes of at least 4 members (excludes halogenated alkanes) is 2. The fourth-order valence-electron chi connectivity index (χ4n) is 2.68. The Morgan fingerprint density at radius 1 is 1.10 bits per heavy atom. The van der Waals surface area contributed by atoms with Crippen molar-refractivity contribution in [3.05, 3.63) is 35.9 Å². The van der Waals surface area contributed by atoms with Gasteiger partial charge in [-0.15, -0.1) is 0 Å². The molecule has 1 aromatic carbocycles. The van der Waals surface area contributed by atoms with E-state index in [0.717, 1.165) is 18.5 Å². The molecule has 0 aliphatic rings. The molecule has 20 heavy (non-hydrogen) atoms. The van der Waals surface area contributed by atoms with Gasteiger partial charge < -0.3 is 0 Å². The van der Waals surface area contributed by atoms with Crippen molar-refractivity contribution in [2.24, 2.45) is 0 Å². The van der Waals surface area contributed by atoms with Crippen LogP contribution in [0.1, 0.15) is 63.7 Å². The first-order valence-corrected chi connectivity index (χ1v) is 7.96. The fourth-order valence-corrected chi connectivity index (χ4v) is 2.68. The summed E-state index contributed by atoms with van der Waals surface area (Å²) in [4.78, 5) is 15.1. The summed E-state index contributed by atoms with van der Waals surface area (Å²) in [6.07, 6.45) is 4.50. The van der Waals surface area contributed by atoms with Crippen molar-refractivity contribution in [2.45, 2.75) is 65.5 Å². The lowest BCUT2D eigenvalue weighted by Gasteiger charge is -2.33. The Bertz CT molecular complexity index is 386. The van der Waals surface area contributed by atoms with Crippen LogP contribution in [-0.4, -0.2) is 29.3 Å². The SMILES string of the molecule is CCCCCN(C(C)C)C(CC)C(=O)c1ccccc1. The number of rotatable bonds is 9. The van der Waals surface area contributed by atoms with E-state index in [-0.39, 0.29) is 11.8 Å². The molecule has 0 fully saturated rings. The monoisotopic (exact) mass is 275 g/mol. The lowest BCUT2D eigenvalue weighted by Crippen LogP contribution is -2.45. The lowest BCUT2D eigenvalue weighted by molar-refractivity contribution is 0.0749.